The number of likely N-dealkylation sites (tertiary alicyclic amines) is 1. The Hall–Kier alpha value is -2.55. The summed E-state index contributed by atoms with van der Waals surface area (Å²) >= 11 is 1.71. The van der Waals surface area contributed by atoms with Crippen LogP contribution in [-0.4, -0.2) is 90.5 Å². The summed E-state index contributed by atoms with van der Waals surface area (Å²) in [6.07, 6.45) is 3.84. The van der Waals surface area contributed by atoms with E-state index in [1.54, 1.807) is 11.3 Å². The molecule has 34 heavy (non-hydrogen) atoms. The lowest BCUT2D eigenvalue weighted by atomic mass is 10.1. The predicted octanol–water partition coefficient (Wildman–Crippen LogP) is 3.55. The van der Waals surface area contributed by atoms with Gasteiger partial charge in [-0.2, -0.15) is 0 Å². The number of rotatable bonds is 6. The summed E-state index contributed by atoms with van der Waals surface area (Å²) in [6.45, 7) is 6.56. The van der Waals surface area contributed by atoms with Crippen LogP contribution >= 0.6 is 11.3 Å². The fraction of sp³-hybridized carbons (Fsp3) is 0.500. The number of piperidine rings is 1. The second-order valence-electron chi connectivity index (χ2n) is 9.60. The van der Waals surface area contributed by atoms with Crippen LogP contribution in [0, 0.1) is 0 Å². The number of carbonyl (C=O) groups excluding carboxylic acids is 1. The molecule has 1 aromatic carbocycles. The number of fused-ring (bicyclic) bond motifs is 1. The minimum Gasteiger partial charge on any atom is -0.352 e. The van der Waals surface area contributed by atoms with Crippen molar-refractivity contribution in [1.29, 1.82) is 0 Å². The van der Waals surface area contributed by atoms with E-state index in [1.165, 1.54) is 30.4 Å². The van der Waals surface area contributed by atoms with Crippen molar-refractivity contribution in [3.63, 3.8) is 0 Å². The maximum atomic E-state index is 12.6. The van der Waals surface area contributed by atoms with E-state index in [2.05, 4.69) is 45.5 Å². The van der Waals surface area contributed by atoms with Crippen molar-refractivity contribution in [2.75, 3.05) is 64.8 Å². The van der Waals surface area contributed by atoms with E-state index in [0.717, 1.165) is 67.7 Å². The average molecular weight is 479 g/mol. The van der Waals surface area contributed by atoms with Gasteiger partial charge in [0.1, 0.15) is 16.5 Å². The molecule has 3 aromatic rings. The van der Waals surface area contributed by atoms with Gasteiger partial charge in [0.2, 0.25) is 5.91 Å². The molecule has 2 saturated heterocycles. The Kier molecular flexibility index (Phi) is 7.08. The summed E-state index contributed by atoms with van der Waals surface area (Å²) in [4.78, 5) is 32.6. The van der Waals surface area contributed by atoms with Gasteiger partial charge in [0.15, 0.2) is 0 Å². The fourth-order valence-electron chi connectivity index (χ4n) is 4.95. The first-order valence-electron chi connectivity index (χ1n) is 12.3. The summed E-state index contributed by atoms with van der Waals surface area (Å²) in [5, 5.41) is 3.37. The first-order chi connectivity index (χ1) is 16.6. The third-order valence-corrected chi connectivity index (χ3v) is 7.61. The van der Waals surface area contributed by atoms with Crippen LogP contribution in [0.3, 0.4) is 0 Å². The lowest BCUT2D eigenvalue weighted by Gasteiger charge is -2.36. The topological polar surface area (TPSA) is 55.8 Å². The van der Waals surface area contributed by atoms with Gasteiger partial charge in [-0.3, -0.25) is 9.69 Å². The highest BCUT2D eigenvalue weighted by Crippen LogP contribution is 2.38. The van der Waals surface area contributed by atoms with Crippen LogP contribution in [0.4, 0.5) is 5.82 Å². The predicted molar refractivity (Wildman–Crippen MR) is 139 cm³/mol. The van der Waals surface area contributed by atoms with Gasteiger partial charge in [0.05, 0.1) is 18.5 Å². The molecule has 180 valence electrons. The number of likely N-dealkylation sites (N-methyl/N-ethyl adjacent to an activating group) is 1. The van der Waals surface area contributed by atoms with Crippen LogP contribution in [0.15, 0.2) is 35.7 Å². The minimum atomic E-state index is 0.198. The number of amides is 1. The lowest BCUT2D eigenvalue weighted by Crippen LogP contribution is -2.51. The molecule has 0 atom stereocenters. The zero-order valence-corrected chi connectivity index (χ0v) is 21.1. The van der Waals surface area contributed by atoms with Crippen LogP contribution in [0.2, 0.25) is 0 Å². The van der Waals surface area contributed by atoms with Gasteiger partial charge in [0.25, 0.3) is 0 Å². The smallest absolute Gasteiger partial charge is 0.236 e. The van der Waals surface area contributed by atoms with Crippen LogP contribution in [0.5, 0.6) is 0 Å². The molecule has 2 aromatic heterocycles. The number of benzene rings is 1. The number of anilines is 1. The summed E-state index contributed by atoms with van der Waals surface area (Å²) in [7, 11) is 3.88. The van der Waals surface area contributed by atoms with Gasteiger partial charge in [-0.25, -0.2) is 9.97 Å². The Balaban J connectivity index is 1.46. The van der Waals surface area contributed by atoms with E-state index in [4.69, 9.17) is 9.97 Å². The molecule has 7 nitrogen and oxygen atoms in total. The first-order valence-corrected chi connectivity index (χ1v) is 13.2. The molecule has 8 heteroatoms. The maximum Gasteiger partial charge on any atom is 0.236 e. The van der Waals surface area contributed by atoms with E-state index in [-0.39, 0.29) is 5.91 Å². The molecule has 2 aliphatic rings. The van der Waals surface area contributed by atoms with Crippen molar-refractivity contribution in [3.05, 3.63) is 41.5 Å². The number of thiophene rings is 1. The van der Waals surface area contributed by atoms with E-state index in [9.17, 15) is 4.79 Å². The maximum absolute atomic E-state index is 12.6. The molecule has 1 amide bonds. The monoisotopic (exact) mass is 478 g/mol. The Morgan fingerprint density at radius 1 is 0.971 bits per heavy atom. The van der Waals surface area contributed by atoms with Crippen LogP contribution in [0.1, 0.15) is 25.1 Å². The van der Waals surface area contributed by atoms with Crippen molar-refractivity contribution in [3.8, 4) is 11.1 Å². The number of nitrogens with zero attached hydrogens (tertiary/aromatic N) is 6. The molecule has 5 rings (SSSR count). The van der Waals surface area contributed by atoms with Crippen molar-refractivity contribution in [2.24, 2.45) is 0 Å². The molecule has 4 heterocycles. The van der Waals surface area contributed by atoms with Gasteiger partial charge < -0.3 is 14.7 Å². The van der Waals surface area contributed by atoms with Crippen molar-refractivity contribution in [1.82, 2.24) is 24.7 Å². The van der Waals surface area contributed by atoms with Crippen LogP contribution in [-0.2, 0) is 11.3 Å². The molecule has 0 saturated carbocycles. The minimum absolute atomic E-state index is 0.198. The quantitative estimate of drug-likeness (QED) is 0.540. The number of hydrogen-bond donors (Lipinski definition) is 0. The summed E-state index contributed by atoms with van der Waals surface area (Å²) in [5.74, 6) is 2.14. The second kappa shape index (κ2) is 10.4. The molecule has 0 aliphatic carbocycles. The summed E-state index contributed by atoms with van der Waals surface area (Å²) in [6, 6.07) is 10.5. The SMILES string of the molecule is CN(C)CC(=O)N1CCN(c2nc(CN3CCCCC3)nc3scc(-c4ccccc4)c23)CC1. The average Bonchev–Trinajstić information content (AvgIpc) is 3.28. The Bertz CT molecular complexity index is 1120. The lowest BCUT2D eigenvalue weighted by molar-refractivity contribution is -0.132. The number of hydrogen-bond acceptors (Lipinski definition) is 7. The summed E-state index contributed by atoms with van der Waals surface area (Å²) in [5.41, 5.74) is 2.40. The van der Waals surface area contributed by atoms with Gasteiger partial charge in [-0.1, -0.05) is 36.8 Å². The molecule has 0 radical (unpaired) electrons. The molecule has 0 spiro atoms. The summed E-state index contributed by atoms with van der Waals surface area (Å²) < 4.78 is 0. The van der Waals surface area contributed by atoms with Crippen molar-refractivity contribution < 1.29 is 4.79 Å². The third-order valence-electron chi connectivity index (χ3n) is 6.74. The second-order valence-corrected chi connectivity index (χ2v) is 10.5. The van der Waals surface area contributed by atoms with Gasteiger partial charge in [-0.05, 0) is 45.6 Å². The number of piperazine rings is 1. The zero-order valence-electron chi connectivity index (χ0n) is 20.2. The normalized spacial score (nSPS) is 17.6. The van der Waals surface area contributed by atoms with Crippen molar-refractivity contribution in [2.45, 2.75) is 25.8 Å². The highest BCUT2D eigenvalue weighted by molar-refractivity contribution is 7.17. The van der Waals surface area contributed by atoms with Gasteiger partial charge >= 0.3 is 0 Å². The fourth-order valence-corrected chi connectivity index (χ4v) is 5.91. The molecule has 0 unspecified atom stereocenters. The molecule has 0 bridgehead atoms. The zero-order chi connectivity index (χ0) is 23.5. The van der Waals surface area contributed by atoms with E-state index in [0.29, 0.717) is 6.54 Å². The number of aromatic nitrogens is 2. The Morgan fingerprint density at radius 3 is 2.41 bits per heavy atom. The molecule has 2 aliphatic heterocycles. The van der Waals surface area contributed by atoms with Crippen LogP contribution in [0.25, 0.3) is 21.3 Å². The van der Waals surface area contributed by atoms with Crippen molar-refractivity contribution >= 4 is 33.3 Å². The van der Waals surface area contributed by atoms with E-state index < -0.39 is 0 Å². The molecular weight excluding hydrogens is 444 g/mol. The molecular formula is C26H34N6OS. The molecule has 2 fully saturated rings. The van der Waals surface area contributed by atoms with Gasteiger partial charge in [0, 0.05) is 37.1 Å². The highest BCUT2D eigenvalue weighted by atomic mass is 32.1. The largest absolute Gasteiger partial charge is 0.352 e. The third kappa shape index (κ3) is 5.09. The standard InChI is InChI=1S/C26H34N6OS/c1-29(2)18-23(33)31-13-15-32(16-14-31)25-24-21(20-9-5-3-6-10-20)19-34-26(24)28-22(27-25)17-30-11-7-4-8-12-30/h3,5-6,9-10,19H,4,7-8,11-18H2,1-2H3. The van der Waals surface area contributed by atoms with Gasteiger partial charge in [-0.15, -0.1) is 11.3 Å². The first kappa shape index (κ1) is 23.2. The highest BCUT2D eigenvalue weighted by Gasteiger charge is 2.26. The Labute approximate surface area is 206 Å². The Morgan fingerprint density at radius 2 is 1.71 bits per heavy atom. The van der Waals surface area contributed by atoms with E-state index >= 15 is 0 Å². The molecule has 0 N–H and O–H groups in total. The van der Waals surface area contributed by atoms with Crippen LogP contribution < -0.4 is 4.90 Å². The van der Waals surface area contributed by atoms with E-state index in [1.807, 2.05) is 23.9 Å². The number of carbonyl (C=O) groups is 1.